The predicted molar refractivity (Wildman–Crippen MR) is 82.3 cm³/mol. The zero-order valence-electron chi connectivity index (χ0n) is 12.2. The van der Waals surface area contributed by atoms with E-state index in [9.17, 15) is 9.59 Å². The molecule has 21 heavy (non-hydrogen) atoms. The second kappa shape index (κ2) is 6.16. The van der Waals surface area contributed by atoms with E-state index in [0.29, 0.717) is 18.8 Å². The molecule has 2 aliphatic rings. The van der Waals surface area contributed by atoms with Crippen molar-refractivity contribution in [2.45, 2.75) is 25.7 Å². The zero-order valence-corrected chi connectivity index (χ0v) is 12.2. The molecule has 1 aromatic carbocycles. The number of anilines is 2. The second-order valence-corrected chi connectivity index (χ2v) is 5.69. The fraction of sp³-hybridized carbons (Fsp3) is 0.500. The van der Waals surface area contributed by atoms with Gasteiger partial charge in [-0.05, 0) is 49.9 Å². The summed E-state index contributed by atoms with van der Waals surface area (Å²) in [6, 6.07) is 7.73. The molecule has 112 valence electrons. The molecular formula is C16H21N3O2. The summed E-state index contributed by atoms with van der Waals surface area (Å²) >= 11 is 0. The SMILES string of the molecule is O=C(Nc1ccc(N2CCCC2)cc1)C(=O)N1CCCC1. The number of likely N-dealkylation sites (tertiary alicyclic amines) is 1. The minimum Gasteiger partial charge on any atom is -0.372 e. The van der Waals surface area contributed by atoms with Crippen LogP contribution in [-0.2, 0) is 9.59 Å². The monoisotopic (exact) mass is 287 g/mol. The third kappa shape index (κ3) is 3.17. The van der Waals surface area contributed by atoms with Crippen LogP contribution < -0.4 is 10.2 Å². The molecule has 5 nitrogen and oxygen atoms in total. The van der Waals surface area contributed by atoms with Crippen molar-refractivity contribution in [3.63, 3.8) is 0 Å². The van der Waals surface area contributed by atoms with Gasteiger partial charge in [-0.1, -0.05) is 0 Å². The van der Waals surface area contributed by atoms with Gasteiger partial charge in [0.1, 0.15) is 0 Å². The van der Waals surface area contributed by atoms with E-state index >= 15 is 0 Å². The fourth-order valence-corrected chi connectivity index (χ4v) is 2.98. The number of hydrogen-bond donors (Lipinski definition) is 1. The lowest BCUT2D eigenvalue weighted by molar-refractivity contribution is -0.142. The Labute approximate surface area is 124 Å². The lowest BCUT2D eigenvalue weighted by atomic mass is 10.2. The molecular weight excluding hydrogens is 266 g/mol. The van der Waals surface area contributed by atoms with Crippen molar-refractivity contribution < 1.29 is 9.59 Å². The molecule has 1 aromatic rings. The van der Waals surface area contributed by atoms with Crippen molar-refractivity contribution in [3.05, 3.63) is 24.3 Å². The smallest absolute Gasteiger partial charge is 0.313 e. The van der Waals surface area contributed by atoms with Gasteiger partial charge in [0, 0.05) is 37.6 Å². The van der Waals surface area contributed by atoms with Gasteiger partial charge in [-0.2, -0.15) is 0 Å². The number of benzene rings is 1. The molecule has 3 rings (SSSR count). The van der Waals surface area contributed by atoms with Crippen LogP contribution in [0, 0.1) is 0 Å². The number of carbonyl (C=O) groups is 2. The first-order valence-corrected chi connectivity index (χ1v) is 7.69. The zero-order chi connectivity index (χ0) is 14.7. The van der Waals surface area contributed by atoms with E-state index in [0.717, 1.165) is 25.9 Å². The molecule has 2 saturated heterocycles. The lowest BCUT2D eigenvalue weighted by Gasteiger charge is -2.18. The first-order valence-electron chi connectivity index (χ1n) is 7.69. The molecule has 0 unspecified atom stereocenters. The highest BCUT2D eigenvalue weighted by atomic mass is 16.2. The van der Waals surface area contributed by atoms with Crippen LogP contribution in [0.5, 0.6) is 0 Å². The van der Waals surface area contributed by atoms with Crippen molar-refractivity contribution in [2.24, 2.45) is 0 Å². The van der Waals surface area contributed by atoms with Crippen molar-refractivity contribution in [3.8, 4) is 0 Å². The molecule has 0 aromatic heterocycles. The first kappa shape index (κ1) is 13.9. The van der Waals surface area contributed by atoms with Crippen LogP contribution in [-0.4, -0.2) is 42.9 Å². The Bertz CT molecular complexity index is 515. The van der Waals surface area contributed by atoms with Crippen molar-refractivity contribution in [2.75, 3.05) is 36.4 Å². The third-order valence-electron chi connectivity index (χ3n) is 4.18. The van der Waals surface area contributed by atoms with Crippen LogP contribution in [0.2, 0.25) is 0 Å². The topological polar surface area (TPSA) is 52.7 Å². The van der Waals surface area contributed by atoms with Gasteiger partial charge in [0.15, 0.2) is 0 Å². The van der Waals surface area contributed by atoms with Gasteiger partial charge in [-0.25, -0.2) is 0 Å². The maximum absolute atomic E-state index is 11.9. The quantitative estimate of drug-likeness (QED) is 0.845. The number of rotatable bonds is 2. The highest BCUT2D eigenvalue weighted by Crippen LogP contribution is 2.22. The normalized spacial score (nSPS) is 18.1. The van der Waals surface area contributed by atoms with E-state index in [-0.39, 0.29) is 0 Å². The Kier molecular flexibility index (Phi) is 4.08. The van der Waals surface area contributed by atoms with Gasteiger partial charge in [0.05, 0.1) is 0 Å². The second-order valence-electron chi connectivity index (χ2n) is 5.69. The predicted octanol–water partition coefficient (Wildman–Crippen LogP) is 1.85. The van der Waals surface area contributed by atoms with E-state index in [4.69, 9.17) is 0 Å². The molecule has 0 bridgehead atoms. The van der Waals surface area contributed by atoms with E-state index in [2.05, 4.69) is 10.2 Å². The average Bonchev–Trinajstić information content (AvgIpc) is 3.20. The van der Waals surface area contributed by atoms with Gasteiger partial charge < -0.3 is 15.1 Å². The lowest BCUT2D eigenvalue weighted by Crippen LogP contribution is -2.37. The molecule has 2 fully saturated rings. The van der Waals surface area contributed by atoms with Crippen LogP contribution in [0.15, 0.2) is 24.3 Å². The summed E-state index contributed by atoms with van der Waals surface area (Å²) in [6.45, 7) is 3.58. The summed E-state index contributed by atoms with van der Waals surface area (Å²) in [5.74, 6) is -0.957. The highest BCUT2D eigenvalue weighted by molar-refractivity contribution is 6.39. The average molecular weight is 287 g/mol. The number of nitrogens with zero attached hydrogens (tertiary/aromatic N) is 2. The molecule has 1 N–H and O–H groups in total. The summed E-state index contributed by atoms with van der Waals surface area (Å²) in [5.41, 5.74) is 1.85. The van der Waals surface area contributed by atoms with E-state index in [1.165, 1.54) is 18.5 Å². The summed E-state index contributed by atoms with van der Waals surface area (Å²) in [4.78, 5) is 27.8. The van der Waals surface area contributed by atoms with E-state index in [1.807, 2.05) is 24.3 Å². The molecule has 0 radical (unpaired) electrons. The van der Waals surface area contributed by atoms with Crippen LogP contribution in [0.1, 0.15) is 25.7 Å². The molecule has 0 spiro atoms. The number of nitrogens with one attached hydrogen (secondary N) is 1. The molecule has 5 heteroatoms. The summed E-state index contributed by atoms with van der Waals surface area (Å²) in [5, 5.41) is 2.69. The van der Waals surface area contributed by atoms with Crippen molar-refractivity contribution in [1.29, 1.82) is 0 Å². The van der Waals surface area contributed by atoms with Crippen LogP contribution in [0.3, 0.4) is 0 Å². The number of hydrogen-bond acceptors (Lipinski definition) is 3. The molecule has 2 heterocycles. The van der Waals surface area contributed by atoms with E-state index in [1.54, 1.807) is 4.90 Å². The van der Waals surface area contributed by atoms with Gasteiger partial charge in [0.25, 0.3) is 0 Å². The maximum Gasteiger partial charge on any atom is 0.313 e. The number of amides is 2. The van der Waals surface area contributed by atoms with Gasteiger partial charge in [-0.3, -0.25) is 9.59 Å². The molecule has 2 aliphatic heterocycles. The first-order chi connectivity index (χ1) is 10.2. The van der Waals surface area contributed by atoms with Crippen molar-refractivity contribution >= 4 is 23.2 Å². The maximum atomic E-state index is 11.9. The van der Waals surface area contributed by atoms with Gasteiger partial charge in [-0.15, -0.1) is 0 Å². The summed E-state index contributed by atoms with van der Waals surface area (Å²) in [7, 11) is 0. The van der Waals surface area contributed by atoms with Crippen LogP contribution in [0.25, 0.3) is 0 Å². The minimum atomic E-state index is -0.536. The fourth-order valence-electron chi connectivity index (χ4n) is 2.98. The Hall–Kier alpha value is -2.04. The largest absolute Gasteiger partial charge is 0.372 e. The molecule has 0 atom stereocenters. The molecule has 0 saturated carbocycles. The molecule has 2 amide bonds. The van der Waals surface area contributed by atoms with Crippen molar-refractivity contribution in [1.82, 2.24) is 4.90 Å². The summed E-state index contributed by atoms with van der Waals surface area (Å²) < 4.78 is 0. The number of carbonyl (C=O) groups excluding carboxylic acids is 2. The van der Waals surface area contributed by atoms with Gasteiger partial charge in [0.2, 0.25) is 0 Å². The Morgan fingerprint density at radius 2 is 1.43 bits per heavy atom. The molecule has 0 aliphatic carbocycles. The van der Waals surface area contributed by atoms with Crippen LogP contribution in [0.4, 0.5) is 11.4 Å². The van der Waals surface area contributed by atoms with Crippen LogP contribution >= 0.6 is 0 Å². The third-order valence-corrected chi connectivity index (χ3v) is 4.18. The standard InChI is InChI=1S/C16H21N3O2/c20-15(16(21)19-11-3-4-12-19)17-13-5-7-14(8-6-13)18-9-1-2-10-18/h5-8H,1-4,9-12H2,(H,17,20). The Morgan fingerprint density at radius 3 is 2.05 bits per heavy atom. The van der Waals surface area contributed by atoms with Gasteiger partial charge >= 0.3 is 11.8 Å². The highest BCUT2D eigenvalue weighted by Gasteiger charge is 2.24. The Morgan fingerprint density at radius 1 is 0.857 bits per heavy atom. The Balaban J connectivity index is 1.59. The minimum absolute atomic E-state index is 0.420. The van der Waals surface area contributed by atoms with E-state index < -0.39 is 11.8 Å². The summed E-state index contributed by atoms with van der Waals surface area (Å²) in [6.07, 6.45) is 4.46.